The monoisotopic (exact) mass is 565 g/mol. The molecular weight excluding hydrogens is 534 g/mol. The summed E-state index contributed by atoms with van der Waals surface area (Å²) in [6, 6.07) is 13.5. The van der Waals surface area contributed by atoms with Gasteiger partial charge in [-0.25, -0.2) is 0 Å². The molecule has 3 aliphatic rings. The zero-order valence-electron chi connectivity index (χ0n) is 21.2. The quantitative estimate of drug-likeness (QED) is 0.412. The van der Waals surface area contributed by atoms with Gasteiger partial charge in [-0.05, 0) is 84.1 Å². The number of aliphatic imine (C=N–C) groups is 1. The summed E-state index contributed by atoms with van der Waals surface area (Å²) in [7, 11) is 1.48. The van der Waals surface area contributed by atoms with E-state index in [1.54, 1.807) is 12.1 Å². The molecule has 7 heteroatoms. The Hall–Kier alpha value is -2.93. The minimum atomic E-state index is -0.723. The lowest BCUT2D eigenvalue weighted by atomic mass is 9.69. The maximum absolute atomic E-state index is 13.8. The standard InChI is InChI=1S/C30H32BrNO5/c1-17-26(30(35)37-21-11-7-4-8-12-21)27(20-13-22(31)29(34)25(16-20)36-2)28-23(32-17)14-19(15-24(28)33)18-9-5-3-6-10-18/h3,5-6,9-10,13,16,19,21,26-27,34H,4,7-8,11-12,14-15H2,1-2H3/t19-,26?,27+/m0/s1. The number of benzene rings is 2. The number of halogens is 1. The highest BCUT2D eigenvalue weighted by molar-refractivity contribution is 9.10. The Morgan fingerprint density at radius 2 is 1.78 bits per heavy atom. The fourth-order valence-electron chi connectivity index (χ4n) is 6.04. The lowest BCUT2D eigenvalue weighted by Gasteiger charge is -2.37. The summed E-state index contributed by atoms with van der Waals surface area (Å²) in [5.41, 5.74) is 3.77. The van der Waals surface area contributed by atoms with Crippen LogP contribution in [0.25, 0.3) is 0 Å². The van der Waals surface area contributed by atoms with Crippen LogP contribution < -0.4 is 4.74 Å². The van der Waals surface area contributed by atoms with Crippen molar-refractivity contribution >= 4 is 33.4 Å². The summed E-state index contributed by atoms with van der Waals surface area (Å²) in [5, 5.41) is 10.4. The number of aromatic hydroxyl groups is 1. The van der Waals surface area contributed by atoms with E-state index in [9.17, 15) is 14.7 Å². The number of methoxy groups -OCH3 is 1. The number of nitrogens with zero attached hydrogens (tertiary/aromatic N) is 1. The van der Waals surface area contributed by atoms with Gasteiger partial charge in [-0.2, -0.15) is 0 Å². The molecule has 0 aromatic heterocycles. The van der Waals surface area contributed by atoms with Gasteiger partial charge in [0.1, 0.15) is 12.0 Å². The lowest BCUT2D eigenvalue weighted by molar-refractivity contribution is -0.153. The summed E-state index contributed by atoms with van der Waals surface area (Å²) < 4.78 is 11.9. The van der Waals surface area contributed by atoms with Crippen molar-refractivity contribution in [1.82, 2.24) is 0 Å². The average Bonchev–Trinajstić information content (AvgIpc) is 2.90. The first-order valence-corrected chi connectivity index (χ1v) is 13.8. The summed E-state index contributed by atoms with van der Waals surface area (Å²) in [5.74, 6) is -1.35. The van der Waals surface area contributed by atoms with Crippen molar-refractivity contribution in [2.24, 2.45) is 10.9 Å². The highest BCUT2D eigenvalue weighted by atomic mass is 79.9. The van der Waals surface area contributed by atoms with Gasteiger partial charge < -0.3 is 14.6 Å². The second kappa shape index (κ2) is 10.8. The predicted octanol–water partition coefficient (Wildman–Crippen LogP) is 6.61. The van der Waals surface area contributed by atoms with Gasteiger partial charge >= 0.3 is 5.97 Å². The maximum atomic E-state index is 13.8. The number of rotatable bonds is 5. The Morgan fingerprint density at radius 3 is 2.49 bits per heavy atom. The highest BCUT2D eigenvalue weighted by Crippen LogP contribution is 2.49. The summed E-state index contributed by atoms with van der Waals surface area (Å²) >= 11 is 3.42. The number of ketones is 1. The van der Waals surface area contributed by atoms with Gasteiger partial charge in [0.15, 0.2) is 17.3 Å². The van der Waals surface area contributed by atoms with E-state index in [0.29, 0.717) is 34.2 Å². The molecule has 1 unspecified atom stereocenters. The van der Waals surface area contributed by atoms with Crippen LogP contribution in [-0.4, -0.2) is 35.8 Å². The molecule has 6 nitrogen and oxygen atoms in total. The molecule has 1 N–H and O–H groups in total. The number of phenolic OH excluding ortho intramolecular Hbond substituents is 1. The molecule has 2 aromatic carbocycles. The molecule has 194 valence electrons. The van der Waals surface area contributed by atoms with Crippen molar-refractivity contribution in [1.29, 1.82) is 0 Å². The Bertz CT molecular complexity index is 1260. The fraction of sp³-hybridized carbons (Fsp3) is 0.433. The number of hydrogen-bond donors (Lipinski definition) is 1. The van der Waals surface area contributed by atoms with Crippen LogP contribution in [0.2, 0.25) is 0 Å². The number of ether oxygens (including phenoxy) is 2. The van der Waals surface area contributed by atoms with Gasteiger partial charge in [-0.3, -0.25) is 14.6 Å². The second-order valence-electron chi connectivity index (χ2n) is 10.3. The molecule has 5 rings (SSSR count). The van der Waals surface area contributed by atoms with E-state index in [4.69, 9.17) is 14.5 Å². The number of phenols is 1. The SMILES string of the molecule is COc1cc([C@H]2C3=C(C[C@H](c4ccccc4)CC3=O)N=C(C)C2C(=O)OC2CCCCC2)cc(Br)c1O. The van der Waals surface area contributed by atoms with Gasteiger partial charge in [-0.15, -0.1) is 0 Å². The van der Waals surface area contributed by atoms with Crippen LogP contribution in [0.4, 0.5) is 0 Å². The first-order chi connectivity index (χ1) is 17.9. The van der Waals surface area contributed by atoms with Crippen LogP contribution in [-0.2, 0) is 14.3 Å². The predicted molar refractivity (Wildman–Crippen MR) is 145 cm³/mol. The van der Waals surface area contributed by atoms with Crippen molar-refractivity contribution in [2.75, 3.05) is 7.11 Å². The van der Waals surface area contributed by atoms with Gasteiger partial charge in [0.25, 0.3) is 0 Å². The third-order valence-corrected chi connectivity index (χ3v) is 8.48. The molecule has 0 spiro atoms. The number of carbonyl (C=O) groups excluding carboxylic acids is 2. The Balaban J connectivity index is 1.58. The average molecular weight is 566 g/mol. The normalized spacial score (nSPS) is 24.4. The molecule has 0 radical (unpaired) electrons. The Labute approximate surface area is 225 Å². The van der Waals surface area contributed by atoms with Crippen LogP contribution >= 0.6 is 15.9 Å². The molecule has 3 atom stereocenters. The molecule has 0 bridgehead atoms. The third kappa shape index (κ3) is 5.11. The van der Waals surface area contributed by atoms with E-state index in [0.717, 1.165) is 43.4 Å². The molecule has 2 aromatic rings. The lowest BCUT2D eigenvalue weighted by Crippen LogP contribution is -2.39. The van der Waals surface area contributed by atoms with Crippen LogP contribution in [0.1, 0.15) is 74.8 Å². The Morgan fingerprint density at radius 1 is 1.05 bits per heavy atom. The summed E-state index contributed by atoms with van der Waals surface area (Å²) in [4.78, 5) is 32.4. The fourth-order valence-corrected chi connectivity index (χ4v) is 6.50. The molecule has 1 saturated carbocycles. The van der Waals surface area contributed by atoms with Crippen molar-refractivity contribution in [2.45, 2.75) is 69.8 Å². The minimum absolute atomic E-state index is 0.00464. The number of hydrogen-bond acceptors (Lipinski definition) is 6. The number of carbonyl (C=O) groups is 2. The molecule has 1 fully saturated rings. The van der Waals surface area contributed by atoms with E-state index in [-0.39, 0.29) is 35.3 Å². The van der Waals surface area contributed by atoms with Crippen LogP contribution in [0, 0.1) is 5.92 Å². The van der Waals surface area contributed by atoms with E-state index in [1.165, 1.54) is 7.11 Å². The third-order valence-electron chi connectivity index (χ3n) is 7.88. The van der Waals surface area contributed by atoms with Crippen molar-refractivity contribution in [3.05, 3.63) is 69.3 Å². The van der Waals surface area contributed by atoms with E-state index >= 15 is 0 Å². The van der Waals surface area contributed by atoms with E-state index < -0.39 is 11.8 Å². The zero-order valence-corrected chi connectivity index (χ0v) is 22.8. The molecule has 0 amide bonds. The maximum Gasteiger partial charge on any atom is 0.315 e. The molecule has 1 heterocycles. The van der Waals surface area contributed by atoms with Crippen LogP contribution in [0.15, 0.2) is 63.2 Å². The van der Waals surface area contributed by atoms with Crippen molar-refractivity contribution in [3.8, 4) is 11.5 Å². The van der Waals surface area contributed by atoms with Gasteiger partial charge in [0, 0.05) is 29.3 Å². The van der Waals surface area contributed by atoms with Crippen LogP contribution in [0.5, 0.6) is 11.5 Å². The molecule has 2 aliphatic carbocycles. The number of esters is 1. The highest BCUT2D eigenvalue weighted by Gasteiger charge is 2.45. The molecular formula is C30H32BrNO5. The van der Waals surface area contributed by atoms with Gasteiger partial charge in [-0.1, -0.05) is 36.8 Å². The van der Waals surface area contributed by atoms with E-state index in [1.807, 2.05) is 37.3 Å². The molecule has 37 heavy (non-hydrogen) atoms. The molecule has 1 aliphatic heterocycles. The number of Topliss-reactive ketones (excluding diaryl/α,β-unsaturated/α-hetero) is 1. The largest absolute Gasteiger partial charge is 0.503 e. The number of allylic oxidation sites excluding steroid dienone is 2. The summed E-state index contributed by atoms with van der Waals surface area (Å²) in [6.45, 7) is 1.85. The van der Waals surface area contributed by atoms with Crippen LogP contribution in [0.3, 0.4) is 0 Å². The second-order valence-corrected chi connectivity index (χ2v) is 11.1. The topological polar surface area (TPSA) is 85.2 Å². The van der Waals surface area contributed by atoms with Crippen molar-refractivity contribution in [3.63, 3.8) is 0 Å². The first-order valence-electron chi connectivity index (χ1n) is 13.0. The first kappa shape index (κ1) is 25.7. The minimum Gasteiger partial charge on any atom is -0.503 e. The summed E-state index contributed by atoms with van der Waals surface area (Å²) in [6.07, 6.45) is 5.87. The van der Waals surface area contributed by atoms with Crippen molar-refractivity contribution < 1.29 is 24.2 Å². The van der Waals surface area contributed by atoms with Gasteiger partial charge in [0.05, 0.1) is 11.6 Å². The van der Waals surface area contributed by atoms with Gasteiger partial charge in [0.2, 0.25) is 0 Å². The zero-order chi connectivity index (χ0) is 26.1. The smallest absolute Gasteiger partial charge is 0.315 e. The molecule has 0 saturated heterocycles. The van der Waals surface area contributed by atoms with E-state index in [2.05, 4.69) is 15.9 Å². The Kier molecular flexibility index (Phi) is 7.52.